The first kappa shape index (κ1) is 22.2. The SMILES string of the molecule is CCCCC(=O)N1CCN(c2nc(CC(C)C)nc3c2c(C)nn3-c2ccccc2)CC1. The molecule has 3 aromatic rings. The molecule has 0 spiro atoms. The van der Waals surface area contributed by atoms with E-state index in [0.717, 1.165) is 79.5 Å². The maximum absolute atomic E-state index is 12.5. The van der Waals surface area contributed by atoms with Gasteiger partial charge < -0.3 is 9.80 Å². The Bertz CT molecular complexity index is 1070. The second-order valence-electron chi connectivity index (χ2n) is 9.06. The number of carbonyl (C=O) groups is 1. The van der Waals surface area contributed by atoms with Crippen molar-refractivity contribution in [3.05, 3.63) is 41.9 Å². The van der Waals surface area contributed by atoms with Crippen molar-refractivity contribution in [3.8, 4) is 5.69 Å². The molecule has 4 rings (SSSR count). The fourth-order valence-electron chi connectivity index (χ4n) is 4.29. The third-order valence-corrected chi connectivity index (χ3v) is 6.00. The number of fused-ring (bicyclic) bond motifs is 1. The van der Waals surface area contributed by atoms with Gasteiger partial charge in [0.2, 0.25) is 5.91 Å². The summed E-state index contributed by atoms with van der Waals surface area (Å²) in [6, 6.07) is 10.1. The highest BCUT2D eigenvalue weighted by atomic mass is 16.2. The van der Waals surface area contributed by atoms with Crippen molar-refractivity contribution in [2.45, 2.75) is 53.4 Å². The molecule has 0 aliphatic carbocycles. The zero-order valence-corrected chi connectivity index (χ0v) is 19.7. The summed E-state index contributed by atoms with van der Waals surface area (Å²) in [4.78, 5) is 26.7. The summed E-state index contributed by atoms with van der Waals surface area (Å²) >= 11 is 0. The Kier molecular flexibility index (Phi) is 6.72. The van der Waals surface area contributed by atoms with Crippen LogP contribution in [0.5, 0.6) is 0 Å². The lowest BCUT2D eigenvalue weighted by Crippen LogP contribution is -2.49. The molecule has 0 unspecified atom stereocenters. The molecular formula is C25H34N6O. The number of nitrogens with zero attached hydrogens (tertiary/aromatic N) is 6. The zero-order valence-electron chi connectivity index (χ0n) is 19.7. The van der Waals surface area contributed by atoms with E-state index in [4.69, 9.17) is 15.1 Å². The molecule has 1 aromatic carbocycles. The van der Waals surface area contributed by atoms with E-state index in [2.05, 4.69) is 37.8 Å². The highest BCUT2D eigenvalue weighted by Gasteiger charge is 2.26. The largest absolute Gasteiger partial charge is 0.352 e. The third-order valence-electron chi connectivity index (χ3n) is 6.00. The molecule has 2 aromatic heterocycles. The van der Waals surface area contributed by atoms with Crippen LogP contribution >= 0.6 is 0 Å². The summed E-state index contributed by atoms with van der Waals surface area (Å²) in [5.74, 6) is 2.53. The number of hydrogen-bond acceptors (Lipinski definition) is 5. The third kappa shape index (κ3) is 4.61. The Balaban J connectivity index is 1.69. The molecule has 1 amide bonds. The Morgan fingerprint density at radius 1 is 1.06 bits per heavy atom. The van der Waals surface area contributed by atoms with Crippen molar-refractivity contribution in [1.82, 2.24) is 24.6 Å². The predicted molar refractivity (Wildman–Crippen MR) is 128 cm³/mol. The summed E-state index contributed by atoms with van der Waals surface area (Å²) in [6.07, 6.45) is 3.48. The van der Waals surface area contributed by atoms with Gasteiger partial charge in [0.15, 0.2) is 5.65 Å². The van der Waals surface area contributed by atoms with Gasteiger partial charge in [-0.2, -0.15) is 5.10 Å². The van der Waals surface area contributed by atoms with Gasteiger partial charge in [0.25, 0.3) is 0 Å². The molecule has 7 heteroatoms. The molecule has 0 bridgehead atoms. The fraction of sp³-hybridized carbons (Fsp3) is 0.520. The van der Waals surface area contributed by atoms with Gasteiger partial charge >= 0.3 is 0 Å². The Morgan fingerprint density at radius 2 is 1.78 bits per heavy atom. The predicted octanol–water partition coefficient (Wildman–Crippen LogP) is 4.16. The number of hydrogen-bond donors (Lipinski definition) is 0. The van der Waals surface area contributed by atoms with Gasteiger partial charge in [-0.1, -0.05) is 45.4 Å². The minimum absolute atomic E-state index is 0.271. The number of anilines is 1. The van der Waals surface area contributed by atoms with Crippen LogP contribution in [0.15, 0.2) is 30.3 Å². The Labute approximate surface area is 190 Å². The van der Waals surface area contributed by atoms with Gasteiger partial charge in [0, 0.05) is 39.0 Å². The Morgan fingerprint density at radius 3 is 2.44 bits per heavy atom. The molecule has 0 atom stereocenters. The molecule has 7 nitrogen and oxygen atoms in total. The molecule has 0 radical (unpaired) electrons. The van der Waals surface area contributed by atoms with E-state index in [1.54, 1.807) is 0 Å². The smallest absolute Gasteiger partial charge is 0.222 e. The van der Waals surface area contributed by atoms with Crippen molar-refractivity contribution in [2.75, 3.05) is 31.1 Å². The summed E-state index contributed by atoms with van der Waals surface area (Å²) in [5.41, 5.74) is 2.78. The van der Waals surface area contributed by atoms with Gasteiger partial charge in [0.05, 0.1) is 16.8 Å². The van der Waals surface area contributed by atoms with E-state index in [1.807, 2.05) is 34.7 Å². The number of para-hydroxylation sites is 1. The summed E-state index contributed by atoms with van der Waals surface area (Å²) in [7, 11) is 0. The van der Waals surface area contributed by atoms with Crippen molar-refractivity contribution in [3.63, 3.8) is 0 Å². The van der Waals surface area contributed by atoms with Crippen LogP contribution in [-0.4, -0.2) is 56.7 Å². The van der Waals surface area contributed by atoms with Crippen molar-refractivity contribution < 1.29 is 4.79 Å². The maximum Gasteiger partial charge on any atom is 0.222 e. The van der Waals surface area contributed by atoms with Crippen LogP contribution in [0.1, 0.15) is 51.6 Å². The van der Waals surface area contributed by atoms with E-state index in [-0.39, 0.29) is 5.91 Å². The number of amides is 1. The summed E-state index contributed by atoms with van der Waals surface area (Å²) < 4.78 is 1.93. The molecule has 1 aliphatic rings. The van der Waals surface area contributed by atoms with Gasteiger partial charge in [-0.15, -0.1) is 0 Å². The normalized spacial score (nSPS) is 14.5. The van der Waals surface area contributed by atoms with Crippen LogP contribution in [-0.2, 0) is 11.2 Å². The van der Waals surface area contributed by atoms with Crippen LogP contribution in [0.4, 0.5) is 5.82 Å². The maximum atomic E-state index is 12.5. The van der Waals surface area contributed by atoms with Crippen LogP contribution in [0.2, 0.25) is 0 Å². The van der Waals surface area contributed by atoms with Gasteiger partial charge in [-0.25, -0.2) is 14.6 Å². The lowest BCUT2D eigenvalue weighted by Gasteiger charge is -2.36. The number of rotatable bonds is 7. The first-order chi connectivity index (χ1) is 15.5. The standard InChI is InChI=1S/C25H34N6O/c1-5-6-12-22(32)29-13-15-30(16-14-29)24-23-19(4)28-31(20-10-8-7-9-11-20)25(23)27-21(26-24)17-18(2)3/h7-11,18H,5-6,12-17H2,1-4H3. The van der Waals surface area contributed by atoms with Crippen LogP contribution in [0.3, 0.4) is 0 Å². The van der Waals surface area contributed by atoms with E-state index in [9.17, 15) is 4.79 Å². The number of piperazine rings is 1. The van der Waals surface area contributed by atoms with Crippen molar-refractivity contribution >= 4 is 22.8 Å². The Hall–Kier alpha value is -2.96. The molecule has 170 valence electrons. The number of benzene rings is 1. The summed E-state index contributed by atoms with van der Waals surface area (Å²) in [5, 5.41) is 5.84. The zero-order chi connectivity index (χ0) is 22.7. The minimum Gasteiger partial charge on any atom is -0.352 e. The van der Waals surface area contributed by atoms with Crippen molar-refractivity contribution in [1.29, 1.82) is 0 Å². The number of carbonyl (C=O) groups excluding carboxylic acids is 1. The van der Waals surface area contributed by atoms with E-state index in [1.165, 1.54) is 0 Å². The van der Waals surface area contributed by atoms with Crippen LogP contribution in [0, 0.1) is 12.8 Å². The van der Waals surface area contributed by atoms with Gasteiger partial charge in [0.1, 0.15) is 11.6 Å². The van der Waals surface area contributed by atoms with E-state index >= 15 is 0 Å². The summed E-state index contributed by atoms with van der Waals surface area (Å²) in [6.45, 7) is 11.6. The molecule has 1 aliphatic heterocycles. The topological polar surface area (TPSA) is 67.2 Å². The lowest BCUT2D eigenvalue weighted by molar-refractivity contribution is -0.131. The monoisotopic (exact) mass is 434 g/mol. The molecule has 1 fully saturated rings. The van der Waals surface area contributed by atoms with E-state index in [0.29, 0.717) is 12.3 Å². The first-order valence-corrected chi connectivity index (χ1v) is 11.8. The quantitative estimate of drug-likeness (QED) is 0.559. The first-order valence-electron chi connectivity index (χ1n) is 11.8. The number of unbranched alkanes of at least 4 members (excludes halogenated alkanes) is 1. The van der Waals surface area contributed by atoms with Gasteiger partial charge in [-0.3, -0.25) is 4.79 Å². The molecule has 3 heterocycles. The highest BCUT2D eigenvalue weighted by Crippen LogP contribution is 2.30. The number of aryl methyl sites for hydroxylation is 1. The highest BCUT2D eigenvalue weighted by molar-refractivity contribution is 5.91. The second-order valence-corrected chi connectivity index (χ2v) is 9.06. The van der Waals surface area contributed by atoms with Gasteiger partial charge in [-0.05, 0) is 31.4 Å². The lowest BCUT2D eigenvalue weighted by atomic mass is 10.1. The minimum atomic E-state index is 0.271. The van der Waals surface area contributed by atoms with Crippen molar-refractivity contribution in [2.24, 2.45) is 5.92 Å². The van der Waals surface area contributed by atoms with Crippen LogP contribution in [0.25, 0.3) is 16.7 Å². The fourth-order valence-corrected chi connectivity index (χ4v) is 4.29. The molecule has 0 saturated carbocycles. The molecular weight excluding hydrogens is 400 g/mol. The second kappa shape index (κ2) is 9.67. The van der Waals surface area contributed by atoms with Crippen LogP contribution < -0.4 is 4.90 Å². The van der Waals surface area contributed by atoms with E-state index < -0.39 is 0 Å². The number of aromatic nitrogens is 4. The average molecular weight is 435 g/mol. The molecule has 0 N–H and O–H groups in total. The average Bonchev–Trinajstić information content (AvgIpc) is 3.13. The molecule has 1 saturated heterocycles. The molecule has 32 heavy (non-hydrogen) atoms.